The number of rotatable bonds is 3. The summed E-state index contributed by atoms with van der Waals surface area (Å²) in [7, 11) is 0. The van der Waals surface area contributed by atoms with Crippen molar-refractivity contribution in [3.63, 3.8) is 0 Å². The summed E-state index contributed by atoms with van der Waals surface area (Å²) >= 11 is 0. The molecule has 0 aromatic rings. The molecule has 0 saturated carbocycles. The molecule has 1 rings (SSSR count). The quantitative estimate of drug-likeness (QED) is 0.572. The third-order valence-electron chi connectivity index (χ3n) is 2.22. The summed E-state index contributed by atoms with van der Waals surface area (Å²) in [6.07, 6.45) is 0.689. The van der Waals surface area contributed by atoms with Crippen molar-refractivity contribution < 1.29 is 9.90 Å². The molecular weight excluding hydrogens is 142 g/mol. The van der Waals surface area contributed by atoms with Crippen LogP contribution in [-0.2, 0) is 4.79 Å². The first-order valence-electron chi connectivity index (χ1n) is 4.08. The molecule has 1 amide bonds. The minimum atomic E-state index is 0.127. The fourth-order valence-corrected chi connectivity index (χ4v) is 1.61. The van der Waals surface area contributed by atoms with Crippen molar-refractivity contribution in [2.24, 2.45) is 11.8 Å². The lowest BCUT2D eigenvalue weighted by Gasteiger charge is -2.39. The number of amides is 1. The fraction of sp³-hybridized carbons (Fsp3) is 0.875. The zero-order valence-electron chi connectivity index (χ0n) is 7.00. The van der Waals surface area contributed by atoms with Crippen LogP contribution in [0.1, 0.15) is 20.3 Å². The predicted molar refractivity (Wildman–Crippen MR) is 42.0 cm³/mol. The average molecular weight is 157 g/mol. The summed E-state index contributed by atoms with van der Waals surface area (Å²) < 4.78 is 0. The van der Waals surface area contributed by atoms with Crippen molar-refractivity contribution in [2.75, 3.05) is 6.61 Å². The highest BCUT2D eigenvalue weighted by atomic mass is 16.3. The Morgan fingerprint density at radius 3 is 2.64 bits per heavy atom. The molecule has 0 aromatic carbocycles. The summed E-state index contributed by atoms with van der Waals surface area (Å²) in [5.41, 5.74) is 0. The highest BCUT2D eigenvalue weighted by Crippen LogP contribution is 2.25. The largest absolute Gasteiger partial charge is 0.396 e. The summed E-state index contributed by atoms with van der Waals surface area (Å²) in [5.74, 6) is 0.654. The van der Waals surface area contributed by atoms with E-state index in [1.54, 1.807) is 0 Å². The van der Waals surface area contributed by atoms with Crippen LogP contribution in [0.15, 0.2) is 0 Å². The Morgan fingerprint density at radius 2 is 2.27 bits per heavy atom. The van der Waals surface area contributed by atoms with Gasteiger partial charge in [0.2, 0.25) is 5.91 Å². The Labute approximate surface area is 66.8 Å². The molecule has 0 aromatic heterocycles. The Balaban J connectivity index is 2.41. The fourth-order valence-electron chi connectivity index (χ4n) is 1.61. The van der Waals surface area contributed by atoms with E-state index >= 15 is 0 Å². The van der Waals surface area contributed by atoms with Crippen molar-refractivity contribution in [1.82, 2.24) is 5.32 Å². The molecule has 64 valence electrons. The van der Waals surface area contributed by atoms with E-state index in [2.05, 4.69) is 5.32 Å². The van der Waals surface area contributed by atoms with E-state index in [1.165, 1.54) is 0 Å². The monoisotopic (exact) mass is 157 g/mol. The van der Waals surface area contributed by atoms with Crippen LogP contribution < -0.4 is 5.32 Å². The molecule has 0 aliphatic carbocycles. The number of hydrogen-bond acceptors (Lipinski definition) is 2. The van der Waals surface area contributed by atoms with E-state index in [0.29, 0.717) is 12.3 Å². The molecule has 1 aliphatic heterocycles. The number of carbonyl (C=O) groups is 1. The first kappa shape index (κ1) is 8.53. The van der Waals surface area contributed by atoms with Crippen molar-refractivity contribution in [1.29, 1.82) is 0 Å². The Morgan fingerprint density at radius 1 is 1.64 bits per heavy atom. The van der Waals surface area contributed by atoms with Crippen LogP contribution in [-0.4, -0.2) is 23.7 Å². The van der Waals surface area contributed by atoms with E-state index < -0.39 is 0 Å². The second-order valence-electron chi connectivity index (χ2n) is 3.40. The summed E-state index contributed by atoms with van der Waals surface area (Å²) in [6, 6.07) is 0.215. The summed E-state index contributed by atoms with van der Waals surface area (Å²) in [6.45, 7) is 4.23. The number of β-lactam (4-membered cyclic amide) rings is 1. The lowest BCUT2D eigenvalue weighted by atomic mass is 9.80. The minimum absolute atomic E-state index is 0.127. The molecule has 1 fully saturated rings. The molecule has 1 heterocycles. The minimum Gasteiger partial charge on any atom is -0.396 e. The SMILES string of the molecule is CC(C)C1C(=O)NC1CCO. The van der Waals surface area contributed by atoms with Gasteiger partial charge in [-0.3, -0.25) is 4.79 Å². The van der Waals surface area contributed by atoms with Gasteiger partial charge in [0.25, 0.3) is 0 Å². The van der Waals surface area contributed by atoms with Crippen LogP contribution in [0.25, 0.3) is 0 Å². The van der Waals surface area contributed by atoms with E-state index in [0.717, 1.165) is 0 Å². The van der Waals surface area contributed by atoms with Gasteiger partial charge in [-0.15, -0.1) is 0 Å². The van der Waals surface area contributed by atoms with Crippen LogP contribution >= 0.6 is 0 Å². The van der Waals surface area contributed by atoms with Gasteiger partial charge >= 0.3 is 0 Å². The van der Waals surface area contributed by atoms with Crippen molar-refractivity contribution in [3.05, 3.63) is 0 Å². The van der Waals surface area contributed by atoms with Crippen molar-refractivity contribution in [3.8, 4) is 0 Å². The number of aliphatic hydroxyl groups is 1. The molecule has 2 unspecified atom stereocenters. The van der Waals surface area contributed by atoms with Gasteiger partial charge in [0.1, 0.15) is 0 Å². The number of carbonyl (C=O) groups excluding carboxylic acids is 1. The van der Waals surface area contributed by atoms with Crippen molar-refractivity contribution >= 4 is 5.91 Å². The number of aliphatic hydroxyl groups excluding tert-OH is 1. The van der Waals surface area contributed by atoms with E-state index in [-0.39, 0.29) is 24.5 Å². The molecule has 2 N–H and O–H groups in total. The van der Waals surface area contributed by atoms with Gasteiger partial charge in [0.05, 0.1) is 5.92 Å². The smallest absolute Gasteiger partial charge is 0.225 e. The molecule has 1 aliphatic rings. The number of nitrogens with one attached hydrogen (secondary N) is 1. The molecule has 3 heteroatoms. The van der Waals surface area contributed by atoms with Crippen LogP contribution in [0.2, 0.25) is 0 Å². The maximum Gasteiger partial charge on any atom is 0.225 e. The first-order chi connectivity index (χ1) is 5.16. The third kappa shape index (κ3) is 1.53. The standard InChI is InChI=1S/C8H15NO2/c1-5(2)7-6(3-4-10)9-8(7)11/h5-7,10H,3-4H2,1-2H3,(H,9,11). The zero-order valence-corrected chi connectivity index (χ0v) is 7.00. The topological polar surface area (TPSA) is 49.3 Å². The molecule has 11 heavy (non-hydrogen) atoms. The van der Waals surface area contributed by atoms with E-state index in [1.807, 2.05) is 13.8 Å². The molecule has 0 radical (unpaired) electrons. The van der Waals surface area contributed by atoms with Gasteiger partial charge in [0.15, 0.2) is 0 Å². The van der Waals surface area contributed by atoms with Crippen molar-refractivity contribution in [2.45, 2.75) is 26.3 Å². The molecule has 0 spiro atoms. The molecule has 0 bridgehead atoms. The predicted octanol–water partition coefficient (Wildman–Crippen LogP) is 0.139. The maximum atomic E-state index is 11.0. The van der Waals surface area contributed by atoms with Crippen LogP contribution in [0.5, 0.6) is 0 Å². The van der Waals surface area contributed by atoms with E-state index in [9.17, 15) is 4.79 Å². The second kappa shape index (κ2) is 3.22. The van der Waals surface area contributed by atoms with Crippen LogP contribution in [0.4, 0.5) is 0 Å². The van der Waals surface area contributed by atoms with Crippen LogP contribution in [0, 0.1) is 11.8 Å². The molecule has 1 saturated heterocycles. The molecule has 2 atom stereocenters. The molecule has 3 nitrogen and oxygen atoms in total. The van der Waals surface area contributed by atoms with Crippen LogP contribution in [0.3, 0.4) is 0 Å². The first-order valence-corrected chi connectivity index (χ1v) is 4.08. The summed E-state index contributed by atoms with van der Waals surface area (Å²) in [4.78, 5) is 11.0. The maximum absolute atomic E-state index is 11.0. The lowest BCUT2D eigenvalue weighted by Crippen LogP contribution is -2.60. The van der Waals surface area contributed by atoms with Gasteiger partial charge < -0.3 is 10.4 Å². The zero-order chi connectivity index (χ0) is 8.43. The average Bonchev–Trinajstić information content (AvgIpc) is 1.85. The summed E-state index contributed by atoms with van der Waals surface area (Å²) in [5, 5.41) is 11.4. The second-order valence-corrected chi connectivity index (χ2v) is 3.40. The Kier molecular flexibility index (Phi) is 2.49. The Bertz CT molecular complexity index is 156. The van der Waals surface area contributed by atoms with Gasteiger partial charge in [-0.1, -0.05) is 13.8 Å². The van der Waals surface area contributed by atoms with Gasteiger partial charge in [-0.25, -0.2) is 0 Å². The normalized spacial score (nSPS) is 30.0. The third-order valence-corrected chi connectivity index (χ3v) is 2.22. The van der Waals surface area contributed by atoms with E-state index in [4.69, 9.17) is 5.11 Å². The lowest BCUT2D eigenvalue weighted by molar-refractivity contribution is -0.137. The highest BCUT2D eigenvalue weighted by molar-refractivity contribution is 5.86. The molecular formula is C8H15NO2. The van der Waals surface area contributed by atoms with Gasteiger partial charge in [-0.2, -0.15) is 0 Å². The van der Waals surface area contributed by atoms with Gasteiger partial charge in [-0.05, 0) is 12.3 Å². The highest BCUT2D eigenvalue weighted by Gasteiger charge is 2.40. The Hall–Kier alpha value is -0.570. The number of hydrogen-bond donors (Lipinski definition) is 2. The van der Waals surface area contributed by atoms with Gasteiger partial charge in [0, 0.05) is 12.6 Å².